The number of nitrogens with zero attached hydrogens (tertiary/aromatic N) is 2. The molecule has 28 heavy (non-hydrogen) atoms. The van der Waals surface area contributed by atoms with Gasteiger partial charge in [-0.25, -0.2) is 4.98 Å². The van der Waals surface area contributed by atoms with Gasteiger partial charge in [-0.15, -0.1) is 0 Å². The van der Waals surface area contributed by atoms with Crippen molar-refractivity contribution in [2.24, 2.45) is 0 Å². The highest BCUT2D eigenvalue weighted by Gasteiger charge is 2.43. The van der Waals surface area contributed by atoms with Crippen molar-refractivity contribution in [2.75, 3.05) is 6.61 Å². The monoisotopic (exact) mass is 375 g/mol. The van der Waals surface area contributed by atoms with Crippen LogP contribution < -0.4 is 5.32 Å². The lowest BCUT2D eigenvalue weighted by Crippen LogP contribution is -2.38. The normalized spacial score (nSPS) is 23.9. The van der Waals surface area contributed by atoms with E-state index in [1.807, 2.05) is 42.6 Å². The predicted octanol–water partition coefficient (Wildman–Crippen LogP) is 4.22. The molecule has 2 atom stereocenters. The number of aromatic nitrogens is 2. The molecule has 144 valence electrons. The van der Waals surface area contributed by atoms with Gasteiger partial charge in [0.2, 0.25) is 0 Å². The largest absolute Gasteiger partial charge is 0.370 e. The van der Waals surface area contributed by atoms with Crippen LogP contribution in [0.15, 0.2) is 42.6 Å². The first-order valence-corrected chi connectivity index (χ1v) is 10.1. The minimum Gasteiger partial charge on any atom is -0.370 e. The quantitative estimate of drug-likeness (QED) is 0.730. The fraction of sp³-hybridized carbons (Fsp3) is 0.391. The van der Waals surface area contributed by atoms with Crippen LogP contribution in [0.2, 0.25) is 0 Å². The fourth-order valence-corrected chi connectivity index (χ4v) is 4.95. The molecule has 0 saturated carbocycles. The third-order valence-electron chi connectivity index (χ3n) is 6.26. The van der Waals surface area contributed by atoms with Gasteiger partial charge in [0.15, 0.2) is 0 Å². The number of carbonyl (C=O) groups excluding carboxylic acids is 1. The molecule has 0 bridgehead atoms. The van der Waals surface area contributed by atoms with E-state index in [9.17, 15) is 4.79 Å². The lowest BCUT2D eigenvalue weighted by Gasteiger charge is -2.39. The lowest BCUT2D eigenvalue weighted by atomic mass is 9.75. The molecule has 5 nitrogen and oxygen atoms in total. The van der Waals surface area contributed by atoms with Gasteiger partial charge in [0, 0.05) is 24.2 Å². The van der Waals surface area contributed by atoms with Gasteiger partial charge in [-0.2, -0.15) is 0 Å². The minimum absolute atomic E-state index is 0.000573. The first-order chi connectivity index (χ1) is 13.6. The first-order valence-electron chi connectivity index (χ1n) is 10.1. The maximum atomic E-state index is 13.1. The Hall–Kier alpha value is -2.66. The van der Waals surface area contributed by atoms with Crippen molar-refractivity contribution in [1.29, 1.82) is 0 Å². The lowest BCUT2D eigenvalue weighted by molar-refractivity contribution is -0.0179. The molecule has 1 amide bonds. The first kappa shape index (κ1) is 17.4. The van der Waals surface area contributed by atoms with Crippen molar-refractivity contribution in [3.05, 3.63) is 70.7 Å². The predicted molar refractivity (Wildman–Crippen MR) is 107 cm³/mol. The minimum atomic E-state index is -0.156. The molecule has 5 rings (SSSR count). The Morgan fingerprint density at radius 2 is 2.11 bits per heavy atom. The van der Waals surface area contributed by atoms with Crippen LogP contribution in [0.5, 0.6) is 0 Å². The van der Waals surface area contributed by atoms with Crippen LogP contribution in [0.25, 0.3) is 5.65 Å². The third-order valence-corrected chi connectivity index (χ3v) is 6.26. The number of rotatable bonds is 2. The Bertz CT molecular complexity index is 1060. The Labute approximate surface area is 164 Å². The average molecular weight is 375 g/mol. The van der Waals surface area contributed by atoms with Crippen LogP contribution in [-0.4, -0.2) is 21.9 Å². The second kappa shape index (κ2) is 6.45. The molecule has 1 N–H and O–H groups in total. The van der Waals surface area contributed by atoms with Crippen LogP contribution >= 0.6 is 0 Å². The molecule has 5 heteroatoms. The number of hydrogen-bond acceptors (Lipinski definition) is 3. The van der Waals surface area contributed by atoms with E-state index in [0.29, 0.717) is 5.56 Å². The maximum absolute atomic E-state index is 13.1. The van der Waals surface area contributed by atoms with E-state index < -0.39 is 0 Å². The summed E-state index contributed by atoms with van der Waals surface area (Å²) < 4.78 is 8.16. The molecule has 2 unspecified atom stereocenters. The van der Waals surface area contributed by atoms with E-state index in [1.54, 1.807) is 0 Å². The number of hydrogen-bond donors (Lipinski definition) is 1. The van der Waals surface area contributed by atoms with Gasteiger partial charge in [-0.05, 0) is 62.8 Å². The molecule has 3 heterocycles. The summed E-state index contributed by atoms with van der Waals surface area (Å²) in [5.41, 5.74) is 5.61. The maximum Gasteiger partial charge on any atom is 0.255 e. The highest BCUT2D eigenvalue weighted by molar-refractivity contribution is 6.00. The summed E-state index contributed by atoms with van der Waals surface area (Å²) in [7, 11) is 0. The van der Waals surface area contributed by atoms with E-state index in [1.165, 1.54) is 11.1 Å². The molecule has 0 radical (unpaired) electrons. The molecule has 2 aromatic heterocycles. The SMILES string of the molecule is Cc1cc(C)n2ccc(C(=O)NC3CCC4(CCCO4)c4ccccc43)c2n1. The summed E-state index contributed by atoms with van der Waals surface area (Å²) in [5, 5.41) is 3.27. The standard InChI is InChI=1S/C23H25N3O2/c1-15-14-16(2)26-12-9-18(21(26)24-15)22(27)25-20-8-11-23(10-5-13-28-23)19-7-4-3-6-17(19)20/h3-4,6-7,9,12,14,20H,5,8,10-11,13H2,1-2H3,(H,25,27). The van der Waals surface area contributed by atoms with Crippen molar-refractivity contribution in [3.8, 4) is 0 Å². The van der Waals surface area contributed by atoms with Gasteiger partial charge in [-0.1, -0.05) is 24.3 Å². The van der Waals surface area contributed by atoms with E-state index >= 15 is 0 Å². The summed E-state index contributed by atoms with van der Waals surface area (Å²) >= 11 is 0. The van der Waals surface area contributed by atoms with Crippen molar-refractivity contribution in [3.63, 3.8) is 0 Å². The second-order valence-electron chi connectivity index (χ2n) is 8.06. The van der Waals surface area contributed by atoms with Crippen LogP contribution in [0.3, 0.4) is 0 Å². The number of fused-ring (bicyclic) bond motifs is 3. The number of aryl methyl sites for hydroxylation is 2. The van der Waals surface area contributed by atoms with Crippen LogP contribution in [0.1, 0.15) is 64.6 Å². The van der Waals surface area contributed by atoms with Gasteiger partial charge < -0.3 is 14.5 Å². The molecule has 1 aliphatic carbocycles. The van der Waals surface area contributed by atoms with Crippen molar-refractivity contribution >= 4 is 11.6 Å². The zero-order valence-electron chi connectivity index (χ0n) is 16.4. The fourth-order valence-electron chi connectivity index (χ4n) is 4.95. The van der Waals surface area contributed by atoms with E-state index in [2.05, 4.69) is 28.5 Å². The van der Waals surface area contributed by atoms with Gasteiger partial charge >= 0.3 is 0 Å². The van der Waals surface area contributed by atoms with Crippen molar-refractivity contribution < 1.29 is 9.53 Å². The van der Waals surface area contributed by atoms with Gasteiger partial charge in [0.25, 0.3) is 5.91 Å². The van der Waals surface area contributed by atoms with Crippen molar-refractivity contribution in [1.82, 2.24) is 14.7 Å². The summed E-state index contributed by atoms with van der Waals surface area (Å²) in [5.74, 6) is -0.0666. The smallest absolute Gasteiger partial charge is 0.255 e. The highest BCUT2D eigenvalue weighted by Crippen LogP contribution is 2.48. The second-order valence-corrected chi connectivity index (χ2v) is 8.06. The van der Waals surface area contributed by atoms with Crippen LogP contribution in [0.4, 0.5) is 0 Å². The number of carbonyl (C=O) groups is 1. The molecule has 1 fully saturated rings. The van der Waals surface area contributed by atoms with Gasteiger partial charge in [0.05, 0.1) is 17.2 Å². The number of ether oxygens (including phenoxy) is 1. The summed E-state index contributed by atoms with van der Waals surface area (Å²) in [6.07, 6.45) is 5.92. The molecule has 3 aromatic rings. The third kappa shape index (κ3) is 2.65. The number of nitrogens with one attached hydrogen (secondary N) is 1. The number of amides is 1. The summed E-state index contributed by atoms with van der Waals surface area (Å²) in [6.45, 7) is 4.81. The van der Waals surface area contributed by atoms with E-state index in [0.717, 1.165) is 49.3 Å². The van der Waals surface area contributed by atoms with Crippen LogP contribution in [-0.2, 0) is 10.3 Å². The van der Waals surface area contributed by atoms with Crippen molar-refractivity contribution in [2.45, 2.75) is 51.2 Å². The van der Waals surface area contributed by atoms with E-state index in [-0.39, 0.29) is 17.6 Å². The molecular weight excluding hydrogens is 350 g/mol. The Balaban J connectivity index is 1.47. The number of benzene rings is 1. The van der Waals surface area contributed by atoms with Gasteiger partial charge in [0.1, 0.15) is 5.65 Å². The van der Waals surface area contributed by atoms with Crippen LogP contribution in [0, 0.1) is 13.8 Å². The molecule has 1 aromatic carbocycles. The summed E-state index contributed by atoms with van der Waals surface area (Å²) in [6, 6.07) is 12.3. The Kier molecular flexibility index (Phi) is 4.02. The average Bonchev–Trinajstić information content (AvgIpc) is 3.32. The van der Waals surface area contributed by atoms with E-state index in [4.69, 9.17) is 4.74 Å². The topological polar surface area (TPSA) is 55.6 Å². The molecule has 1 aliphatic heterocycles. The van der Waals surface area contributed by atoms with Gasteiger partial charge in [-0.3, -0.25) is 4.79 Å². The molecule has 2 aliphatic rings. The highest BCUT2D eigenvalue weighted by atomic mass is 16.5. The zero-order chi connectivity index (χ0) is 19.3. The molecule has 1 saturated heterocycles. The zero-order valence-corrected chi connectivity index (χ0v) is 16.4. The Morgan fingerprint density at radius 1 is 1.25 bits per heavy atom. The molecular formula is C23H25N3O2. The molecule has 1 spiro atoms. The summed E-state index contributed by atoms with van der Waals surface area (Å²) in [4.78, 5) is 17.7. The Morgan fingerprint density at radius 3 is 2.93 bits per heavy atom.